The van der Waals surface area contributed by atoms with Gasteiger partial charge in [0, 0.05) is 5.69 Å². The molecule has 0 bridgehead atoms. The fourth-order valence-electron chi connectivity index (χ4n) is 2.58. The number of ether oxygens (including phenoxy) is 1. The Balaban J connectivity index is 2.19. The molecule has 1 heterocycles. The lowest BCUT2D eigenvalue weighted by Gasteiger charge is -2.15. The summed E-state index contributed by atoms with van der Waals surface area (Å²) in [5, 5.41) is 19.3. The summed E-state index contributed by atoms with van der Waals surface area (Å²) in [5.74, 6) is -1.03. The molecular weight excluding hydrogens is 367 g/mol. The van der Waals surface area contributed by atoms with Crippen LogP contribution in [0.15, 0.2) is 30.5 Å². The predicted molar refractivity (Wildman–Crippen MR) is 103 cm³/mol. The summed E-state index contributed by atoms with van der Waals surface area (Å²) in [6.45, 7) is 3.96. The van der Waals surface area contributed by atoms with Gasteiger partial charge in [-0.15, -0.1) is 0 Å². The number of hydrogen-bond donors (Lipinski definition) is 3. The van der Waals surface area contributed by atoms with Gasteiger partial charge in [-0.3, -0.25) is 5.32 Å². The molecule has 0 saturated heterocycles. The predicted octanol–water partition coefficient (Wildman–Crippen LogP) is 3.39. The number of carbonyl (C=O) groups is 2. The molecule has 2 rings (SSSR count). The SMILES string of the molecule is CCCCC(O)Cn1ncc(C(=O)OCC)c1NC(=O)Nc1cccc(F)c1. The average molecular weight is 392 g/mol. The Labute approximate surface area is 162 Å². The van der Waals surface area contributed by atoms with Crippen molar-refractivity contribution in [3.05, 3.63) is 41.8 Å². The number of nitrogens with one attached hydrogen (secondary N) is 2. The van der Waals surface area contributed by atoms with Gasteiger partial charge in [0.1, 0.15) is 17.2 Å². The van der Waals surface area contributed by atoms with Crippen LogP contribution in [-0.2, 0) is 11.3 Å². The van der Waals surface area contributed by atoms with Gasteiger partial charge >= 0.3 is 12.0 Å². The van der Waals surface area contributed by atoms with Crippen LogP contribution in [-0.4, -0.2) is 39.6 Å². The summed E-state index contributed by atoms with van der Waals surface area (Å²) in [4.78, 5) is 24.5. The molecule has 0 spiro atoms. The van der Waals surface area contributed by atoms with Crippen LogP contribution in [0.5, 0.6) is 0 Å². The van der Waals surface area contributed by atoms with E-state index in [2.05, 4.69) is 15.7 Å². The van der Waals surface area contributed by atoms with Crippen molar-refractivity contribution in [2.45, 2.75) is 45.8 Å². The summed E-state index contributed by atoms with van der Waals surface area (Å²) < 4.78 is 19.6. The van der Waals surface area contributed by atoms with Crippen molar-refractivity contribution in [2.75, 3.05) is 17.2 Å². The number of esters is 1. The lowest BCUT2D eigenvalue weighted by atomic mass is 10.1. The van der Waals surface area contributed by atoms with Crippen LogP contribution in [0.1, 0.15) is 43.5 Å². The average Bonchev–Trinajstić information content (AvgIpc) is 3.02. The number of amides is 2. The molecule has 0 radical (unpaired) electrons. The second-order valence-corrected chi connectivity index (χ2v) is 6.19. The first kappa shape index (κ1) is 21.4. The number of halogens is 1. The largest absolute Gasteiger partial charge is 0.462 e. The molecule has 2 amide bonds. The van der Waals surface area contributed by atoms with Crippen LogP contribution in [0.25, 0.3) is 0 Å². The lowest BCUT2D eigenvalue weighted by Crippen LogP contribution is -2.25. The van der Waals surface area contributed by atoms with Crippen molar-refractivity contribution < 1.29 is 23.8 Å². The Kier molecular flexibility index (Phi) is 7.94. The van der Waals surface area contributed by atoms with E-state index in [1.54, 1.807) is 6.92 Å². The minimum atomic E-state index is -0.680. The third-order valence-corrected chi connectivity index (χ3v) is 3.92. The van der Waals surface area contributed by atoms with E-state index >= 15 is 0 Å². The number of hydrogen-bond acceptors (Lipinski definition) is 5. The van der Waals surface area contributed by atoms with E-state index < -0.39 is 23.9 Å². The Morgan fingerprint density at radius 1 is 1.32 bits per heavy atom. The van der Waals surface area contributed by atoms with Gasteiger partial charge in [-0.25, -0.2) is 18.7 Å². The first-order valence-corrected chi connectivity index (χ1v) is 9.19. The minimum absolute atomic E-state index is 0.0685. The number of aromatic nitrogens is 2. The zero-order valence-electron chi connectivity index (χ0n) is 15.9. The smallest absolute Gasteiger partial charge is 0.343 e. The Morgan fingerprint density at radius 2 is 2.11 bits per heavy atom. The van der Waals surface area contributed by atoms with E-state index in [4.69, 9.17) is 4.74 Å². The highest BCUT2D eigenvalue weighted by atomic mass is 19.1. The van der Waals surface area contributed by atoms with Crippen molar-refractivity contribution in [3.8, 4) is 0 Å². The molecule has 9 heteroatoms. The standard InChI is InChI=1S/C19H25FN4O4/c1-3-5-9-15(25)12-24-17(16(11-21-24)18(26)28-4-2)23-19(27)22-14-8-6-7-13(20)10-14/h6-8,10-11,15,25H,3-5,9,12H2,1-2H3,(H2,22,23,27). The highest BCUT2D eigenvalue weighted by molar-refractivity contribution is 6.04. The number of aliphatic hydroxyl groups is 1. The van der Waals surface area contributed by atoms with Crippen molar-refractivity contribution in [2.24, 2.45) is 0 Å². The van der Waals surface area contributed by atoms with Crippen molar-refractivity contribution in [3.63, 3.8) is 0 Å². The molecule has 3 N–H and O–H groups in total. The van der Waals surface area contributed by atoms with Crippen LogP contribution in [0.2, 0.25) is 0 Å². The maximum atomic E-state index is 13.3. The summed E-state index contributed by atoms with van der Waals surface area (Å²) in [5.41, 5.74) is 0.322. The van der Waals surface area contributed by atoms with Gasteiger partial charge < -0.3 is 15.2 Å². The first-order valence-electron chi connectivity index (χ1n) is 9.19. The molecule has 0 saturated carbocycles. The molecule has 1 aromatic heterocycles. The number of carbonyl (C=O) groups excluding carboxylic acids is 2. The van der Waals surface area contributed by atoms with E-state index in [-0.39, 0.29) is 30.2 Å². The number of rotatable bonds is 9. The maximum absolute atomic E-state index is 13.3. The molecule has 0 aliphatic heterocycles. The molecule has 8 nitrogen and oxygen atoms in total. The molecule has 1 aromatic carbocycles. The molecule has 1 unspecified atom stereocenters. The van der Waals surface area contributed by atoms with Crippen LogP contribution in [0, 0.1) is 5.82 Å². The third-order valence-electron chi connectivity index (χ3n) is 3.92. The van der Waals surface area contributed by atoms with Gasteiger partial charge in [0.05, 0.1) is 25.5 Å². The fraction of sp³-hybridized carbons (Fsp3) is 0.421. The molecule has 0 fully saturated rings. The van der Waals surface area contributed by atoms with Gasteiger partial charge in [-0.1, -0.05) is 25.8 Å². The molecule has 0 aliphatic rings. The number of aliphatic hydroxyl groups excluding tert-OH is 1. The number of benzene rings is 1. The van der Waals surface area contributed by atoms with Crippen molar-refractivity contribution >= 4 is 23.5 Å². The number of unbranched alkanes of at least 4 members (excludes halogenated alkanes) is 1. The monoisotopic (exact) mass is 392 g/mol. The lowest BCUT2D eigenvalue weighted by molar-refractivity contribution is 0.0527. The van der Waals surface area contributed by atoms with Crippen LogP contribution < -0.4 is 10.6 Å². The van der Waals surface area contributed by atoms with E-state index in [9.17, 15) is 19.1 Å². The van der Waals surface area contributed by atoms with E-state index in [1.807, 2.05) is 6.92 Å². The zero-order chi connectivity index (χ0) is 20.5. The normalized spacial score (nSPS) is 11.7. The highest BCUT2D eigenvalue weighted by Gasteiger charge is 2.22. The highest BCUT2D eigenvalue weighted by Crippen LogP contribution is 2.19. The summed E-state index contributed by atoms with van der Waals surface area (Å²) in [6, 6.07) is 4.73. The Bertz CT molecular complexity index is 809. The minimum Gasteiger partial charge on any atom is -0.462 e. The van der Waals surface area contributed by atoms with Crippen molar-refractivity contribution in [1.29, 1.82) is 0 Å². The summed E-state index contributed by atoms with van der Waals surface area (Å²) in [7, 11) is 0. The topological polar surface area (TPSA) is 105 Å². The summed E-state index contributed by atoms with van der Waals surface area (Å²) >= 11 is 0. The number of urea groups is 1. The van der Waals surface area contributed by atoms with Gasteiger partial charge in [0.25, 0.3) is 0 Å². The zero-order valence-corrected chi connectivity index (χ0v) is 15.9. The Hall–Kier alpha value is -2.94. The van der Waals surface area contributed by atoms with Gasteiger partial charge in [-0.05, 0) is 31.5 Å². The number of nitrogens with zero attached hydrogens (tertiary/aromatic N) is 2. The van der Waals surface area contributed by atoms with Gasteiger partial charge in [-0.2, -0.15) is 5.10 Å². The van der Waals surface area contributed by atoms with Gasteiger partial charge in [0.15, 0.2) is 0 Å². The maximum Gasteiger partial charge on any atom is 0.343 e. The molecular formula is C19H25FN4O4. The van der Waals surface area contributed by atoms with Gasteiger partial charge in [0.2, 0.25) is 0 Å². The van der Waals surface area contributed by atoms with Crippen LogP contribution in [0.4, 0.5) is 20.7 Å². The Morgan fingerprint density at radius 3 is 2.79 bits per heavy atom. The van der Waals surface area contributed by atoms with E-state index in [0.717, 1.165) is 18.9 Å². The molecule has 152 valence electrons. The molecule has 0 aliphatic carbocycles. The fourth-order valence-corrected chi connectivity index (χ4v) is 2.58. The first-order chi connectivity index (χ1) is 13.4. The van der Waals surface area contributed by atoms with Crippen LogP contribution in [0.3, 0.4) is 0 Å². The second-order valence-electron chi connectivity index (χ2n) is 6.19. The molecule has 1 atom stereocenters. The quantitative estimate of drug-likeness (QED) is 0.567. The second kappa shape index (κ2) is 10.4. The number of anilines is 2. The molecule has 2 aromatic rings. The van der Waals surface area contributed by atoms with Crippen molar-refractivity contribution in [1.82, 2.24) is 9.78 Å². The summed E-state index contributed by atoms with van der Waals surface area (Å²) in [6.07, 6.45) is 2.95. The van der Waals surface area contributed by atoms with Crippen LogP contribution >= 0.6 is 0 Å². The van der Waals surface area contributed by atoms with E-state index in [1.165, 1.54) is 29.1 Å². The molecule has 28 heavy (non-hydrogen) atoms. The third kappa shape index (κ3) is 6.05. The van der Waals surface area contributed by atoms with E-state index in [0.29, 0.717) is 6.42 Å².